The summed E-state index contributed by atoms with van der Waals surface area (Å²) in [5, 5.41) is 1.32. The summed E-state index contributed by atoms with van der Waals surface area (Å²) in [7, 11) is 0. The third-order valence-electron chi connectivity index (χ3n) is 5.80. The normalized spacial score (nSPS) is 37.1. The van der Waals surface area contributed by atoms with Crippen molar-refractivity contribution in [2.45, 2.75) is 55.9 Å². The summed E-state index contributed by atoms with van der Waals surface area (Å²) in [6.45, 7) is 4.42. The Labute approximate surface area is 130 Å². The summed E-state index contributed by atoms with van der Waals surface area (Å²) >= 11 is 2.00. The minimum absolute atomic E-state index is 0.0267. The molecular weight excluding hydrogens is 280 g/mol. The van der Waals surface area contributed by atoms with Gasteiger partial charge in [-0.25, -0.2) is 0 Å². The topological polar surface area (TPSA) is 26.3 Å². The quantitative estimate of drug-likeness (QED) is 0.469. The van der Waals surface area contributed by atoms with Crippen molar-refractivity contribution in [2.24, 2.45) is 11.3 Å². The smallest absolute Gasteiger partial charge is 0.318 e. The van der Waals surface area contributed by atoms with E-state index in [1.165, 1.54) is 12.0 Å². The Hall–Kier alpha value is -0.960. The van der Waals surface area contributed by atoms with Crippen molar-refractivity contribution in [2.75, 3.05) is 0 Å². The van der Waals surface area contributed by atoms with Gasteiger partial charge < -0.3 is 4.74 Å². The first-order valence-electron chi connectivity index (χ1n) is 8.12. The Balaban J connectivity index is 1.47. The van der Waals surface area contributed by atoms with Gasteiger partial charge in [0.1, 0.15) is 5.75 Å². The molecule has 3 fully saturated rings. The second-order valence-electron chi connectivity index (χ2n) is 6.95. The number of carbonyl (C=O) groups is 1. The lowest BCUT2D eigenvalue weighted by molar-refractivity contribution is -0.144. The molecule has 3 heteroatoms. The molecule has 2 bridgehead atoms. The summed E-state index contributed by atoms with van der Waals surface area (Å²) in [5.41, 5.74) is 1.16. The minimum atomic E-state index is -0.157. The Morgan fingerprint density at radius 3 is 2.81 bits per heavy atom. The first-order chi connectivity index (χ1) is 10.1. The molecule has 4 rings (SSSR count). The fraction of sp³-hybridized carbons (Fsp3) is 0.611. The van der Waals surface area contributed by atoms with E-state index in [0.29, 0.717) is 16.9 Å². The molecule has 112 valence electrons. The highest BCUT2D eigenvalue weighted by atomic mass is 32.2. The highest BCUT2D eigenvalue weighted by Gasteiger charge is 2.70. The molecular formula is C18H22O2S. The summed E-state index contributed by atoms with van der Waals surface area (Å²) in [5.74, 6) is 2.07. The SMILES string of the molecule is CCC(C)c1ccc(OC(=O)C23CCC(C2)C2SC23)cc1. The van der Waals surface area contributed by atoms with Crippen LogP contribution in [0.4, 0.5) is 0 Å². The highest BCUT2D eigenvalue weighted by Crippen LogP contribution is 2.71. The number of fused-ring (bicyclic) bond motifs is 5. The number of rotatable bonds is 4. The van der Waals surface area contributed by atoms with Crippen LogP contribution in [0.15, 0.2) is 24.3 Å². The first kappa shape index (κ1) is 13.7. The molecule has 1 aromatic carbocycles. The van der Waals surface area contributed by atoms with Gasteiger partial charge in [0.05, 0.1) is 5.41 Å². The van der Waals surface area contributed by atoms with E-state index >= 15 is 0 Å². The van der Waals surface area contributed by atoms with Gasteiger partial charge in [-0.15, -0.1) is 0 Å². The van der Waals surface area contributed by atoms with Gasteiger partial charge >= 0.3 is 5.97 Å². The fourth-order valence-electron chi connectivity index (χ4n) is 4.19. The predicted octanol–water partition coefficient (Wildman–Crippen LogP) is 4.39. The van der Waals surface area contributed by atoms with Gasteiger partial charge in [-0.1, -0.05) is 26.0 Å². The first-order valence-corrected chi connectivity index (χ1v) is 9.06. The maximum atomic E-state index is 12.7. The van der Waals surface area contributed by atoms with Gasteiger partial charge in [0, 0.05) is 10.5 Å². The maximum Gasteiger partial charge on any atom is 0.318 e. The average Bonchev–Trinajstić information content (AvgIpc) is 3.14. The Morgan fingerprint density at radius 2 is 2.19 bits per heavy atom. The maximum absolute atomic E-state index is 12.7. The van der Waals surface area contributed by atoms with Crippen molar-refractivity contribution in [1.82, 2.24) is 0 Å². The zero-order valence-electron chi connectivity index (χ0n) is 12.7. The van der Waals surface area contributed by atoms with Crippen LogP contribution in [0.25, 0.3) is 0 Å². The van der Waals surface area contributed by atoms with Crippen LogP contribution in [0.2, 0.25) is 0 Å². The van der Waals surface area contributed by atoms with Crippen LogP contribution in [0.5, 0.6) is 5.75 Å². The van der Waals surface area contributed by atoms with E-state index in [1.54, 1.807) is 0 Å². The molecule has 5 atom stereocenters. The molecule has 2 aliphatic carbocycles. The Bertz CT molecular complexity index is 567. The molecule has 3 aliphatic rings. The number of carbonyl (C=O) groups excluding carboxylic acids is 1. The fourth-order valence-corrected chi connectivity index (χ4v) is 5.95. The Kier molecular flexibility index (Phi) is 3.11. The summed E-state index contributed by atoms with van der Waals surface area (Å²) in [6.07, 6.45) is 4.45. The second kappa shape index (κ2) is 4.77. The lowest BCUT2D eigenvalue weighted by Crippen LogP contribution is -2.36. The van der Waals surface area contributed by atoms with E-state index in [4.69, 9.17) is 4.74 Å². The van der Waals surface area contributed by atoms with Gasteiger partial charge in [-0.2, -0.15) is 11.8 Å². The van der Waals surface area contributed by atoms with Crippen molar-refractivity contribution in [3.63, 3.8) is 0 Å². The van der Waals surface area contributed by atoms with Crippen molar-refractivity contribution < 1.29 is 9.53 Å². The summed E-state index contributed by atoms with van der Waals surface area (Å²) in [4.78, 5) is 12.7. The number of esters is 1. The van der Waals surface area contributed by atoms with Crippen LogP contribution in [0.3, 0.4) is 0 Å². The summed E-state index contributed by atoms with van der Waals surface area (Å²) < 4.78 is 5.73. The minimum Gasteiger partial charge on any atom is -0.426 e. The second-order valence-corrected chi connectivity index (χ2v) is 8.27. The van der Waals surface area contributed by atoms with E-state index in [1.807, 2.05) is 23.9 Å². The van der Waals surface area contributed by atoms with Crippen molar-refractivity contribution in [1.29, 1.82) is 0 Å². The molecule has 5 unspecified atom stereocenters. The van der Waals surface area contributed by atoms with E-state index in [9.17, 15) is 4.79 Å². The monoisotopic (exact) mass is 302 g/mol. The molecule has 1 heterocycles. The lowest BCUT2D eigenvalue weighted by Gasteiger charge is -2.24. The molecule has 2 nitrogen and oxygen atoms in total. The largest absolute Gasteiger partial charge is 0.426 e. The molecule has 1 saturated heterocycles. The van der Waals surface area contributed by atoms with Gasteiger partial charge in [0.25, 0.3) is 0 Å². The molecule has 0 radical (unpaired) electrons. The number of hydrogen-bond donors (Lipinski definition) is 0. The Morgan fingerprint density at radius 1 is 1.43 bits per heavy atom. The molecule has 1 aliphatic heterocycles. The van der Waals surface area contributed by atoms with Crippen LogP contribution in [0.1, 0.15) is 51.0 Å². The number of ether oxygens (including phenoxy) is 1. The van der Waals surface area contributed by atoms with Crippen LogP contribution < -0.4 is 4.74 Å². The molecule has 0 aromatic heterocycles. The molecule has 0 amide bonds. The standard InChI is InChI=1S/C18H22O2S/c1-3-11(2)12-4-6-14(7-5-12)20-17(19)18-9-8-13(10-18)15-16(18)21-15/h4-7,11,13,15-16H,3,8-10H2,1-2H3. The van der Waals surface area contributed by atoms with Crippen LogP contribution in [0, 0.1) is 11.3 Å². The lowest BCUT2D eigenvalue weighted by atomic mass is 9.84. The van der Waals surface area contributed by atoms with E-state index in [2.05, 4.69) is 26.0 Å². The molecule has 0 N–H and O–H groups in total. The summed E-state index contributed by atoms with van der Waals surface area (Å²) in [6, 6.07) is 8.09. The van der Waals surface area contributed by atoms with E-state index in [-0.39, 0.29) is 11.4 Å². The van der Waals surface area contributed by atoms with Crippen molar-refractivity contribution in [3.05, 3.63) is 29.8 Å². The van der Waals surface area contributed by atoms with Gasteiger partial charge in [-0.3, -0.25) is 4.79 Å². The number of benzene rings is 1. The highest BCUT2D eigenvalue weighted by molar-refractivity contribution is 8.07. The molecule has 2 saturated carbocycles. The molecule has 21 heavy (non-hydrogen) atoms. The van der Waals surface area contributed by atoms with E-state index in [0.717, 1.165) is 30.4 Å². The third kappa shape index (κ3) is 2.04. The predicted molar refractivity (Wildman–Crippen MR) is 85.7 cm³/mol. The van der Waals surface area contributed by atoms with E-state index < -0.39 is 0 Å². The third-order valence-corrected chi connectivity index (χ3v) is 7.50. The average molecular weight is 302 g/mol. The van der Waals surface area contributed by atoms with Crippen LogP contribution >= 0.6 is 11.8 Å². The van der Waals surface area contributed by atoms with Gasteiger partial charge in [0.15, 0.2) is 0 Å². The van der Waals surface area contributed by atoms with Gasteiger partial charge in [0.2, 0.25) is 0 Å². The zero-order valence-corrected chi connectivity index (χ0v) is 13.5. The molecule has 0 spiro atoms. The molecule has 1 aromatic rings. The number of hydrogen-bond acceptors (Lipinski definition) is 3. The van der Waals surface area contributed by atoms with Crippen molar-refractivity contribution in [3.8, 4) is 5.75 Å². The van der Waals surface area contributed by atoms with Crippen molar-refractivity contribution >= 4 is 17.7 Å². The van der Waals surface area contributed by atoms with Gasteiger partial charge in [-0.05, 0) is 55.2 Å². The van der Waals surface area contributed by atoms with Crippen LogP contribution in [-0.4, -0.2) is 16.5 Å². The van der Waals surface area contributed by atoms with Crippen LogP contribution in [-0.2, 0) is 4.79 Å². The number of thioether (sulfide) groups is 1. The zero-order chi connectivity index (χ0) is 14.6.